The van der Waals surface area contributed by atoms with Gasteiger partial charge in [-0.1, -0.05) is 0 Å². The quantitative estimate of drug-likeness (QED) is 0.850. The highest BCUT2D eigenvalue weighted by molar-refractivity contribution is 7.91. The van der Waals surface area contributed by atoms with Crippen LogP contribution < -0.4 is 0 Å². The maximum absolute atomic E-state index is 12.2. The van der Waals surface area contributed by atoms with Crippen LogP contribution in [-0.2, 0) is 21.0 Å². The van der Waals surface area contributed by atoms with Crippen molar-refractivity contribution in [3.63, 3.8) is 0 Å². The van der Waals surface area contributed by atoms with Gasteiger partial charge in [-0.05, 0) is 25.0 Å². The van der Waals surface area contributed by atoms with Crippen LogP contribution in [-0.4, -0.2) is 42.4 Å². The van der Waals surface area contributed by atoms with Gasteiger partial charge in [-0.15, -0.1) is 0 Å². The number of rotatable bonds is 4. The van der Waals surface area contributed by atoms with Crippen molar-refractivity contribution in [2.45, 2.75) is 24.6 Å². The number of aromatic nitrogens is 3. The molecule has 0 aliphatic carbocycles. The molecule has 108 valence electrons. The molecule has 20 heavy (non-hydrogen) atoms. The lowest BCUT2D eigenvalue weighted by Gasteiger charge is -2.15. The molecule has 0 bridgehead atoms. The van der Waals surface area contributed by atoms with Crippen molar-refractivity contribution in [1.29, 1.82) is 0 Å². The zero-order valence-corrected chi connectivity index (χ0v) is 12.1. The Morgan fingerprint density at radius 3 is 3.05 bits per heavy atom. The second kappa shape index (κ2) is 5.14. The number of sulfone groups is 1. The predicted octanol–water partition coefficient (Wildman–Crippen LogP) is 1.33. The van der Waals surface area contributed by atoms with Gasteiger partial charge < -0.3 is 4.74 Å². The van der Waals surface area contributed by atoms with Crippen LogP contribution in [0.4, 0.5) is 0 Å². The summed E-state index contributed by atoms with van der Waals surface area (Å²) in [5.41, 5.74) is 1.38. The van der Waals surface area contributed by atoms with Gasteiger partial charge in [0.05, 0.1) is 12.4 Å². The maximum Gasteiger partial charge on any atom is 0.171 e. The van der Waals surface area contributed by atoms with Crippen LogP contribution in [0.15, 0.2) is 18.3 Å². The fourth-order valence-corrected chi connectivity index (χ4v) is 4.62. The minimum Gasteiger partial charge on any atom is -0.384 e. The number of imidazole rings is 1. The Bertz CT molecular complexity index is 724. The number of hydrogen-bond donors (Lipinski definition) is 0. The highest BCUT2D eigenvalue weighted by Gasteiger charge is 2.35. The molecule has 2 aromatic heterocycles. The minimum atomic E-state index is -3.11. The smallest absolute Gasteiger partial charge is 0.171 e. The fourth-order valence-electron chi connectivity index (χ4n) is 2.71. The standard InChI is InChI=1S/C13H17N3O3S/c1-19-8-6-11-15-10-4-2-7-14-13(10)16(11)12-5-3-9-20(12,17)18/h2,4,7,12H,3,5-6,8-9H2,1H3. The maximum atomic E-state index is 12.2. The van der Waals surface area contributed by atoms with Crippen LogP contribution in [0.2, 0.25) is 0 Å². The van der Waals surface area contributed by atoms with E-state index in [0.29, 0.717) is 31.5 Å². The zero-order chi connectivity index (χ0) is 14.2. The van der Waals surface area contributed by atoms with Crippen LogP contribution >= 0.6 is 0 Å². The second-order valence-corrected chi connectivity index (χ2v) is 7.23. The molecule has 1 aliphatic heterocycles. The van der Waals surface area contributed by atoms with E-state index in [0.717, 1.165) is 11.3 Å². The highest BCUT2D eigenvalue weighted by atomic mass is 32.2. The third-order valence-electron chi connectivity index (χ3n) is 3.63. The fraction of sp³-hybridized carbons (Fsp3) is 0.538. The lowest BCUT2D eigenvalue weighted by atomic mass is 10.3. The molecule has 1 aliphatic rings. The molecule has 3 heterocycles. The first-order valence-corrected chi connectivity index (χ1v) is 8.37. The Hall–Kier alpha value is -1.47. The Labute approximate surface area is 117 Å². The van der Waals surface area contributed by atoms with Gasteiger partial charge in [-0.3, -0.25) is 4.57 Å². The van der Waals surface area contributed by atoms with E-state index in [4.69, 9.17) is 4.74 Å². The summed E-state index contributed by atoms with van der Waals surface area (Å²) in [6.07, 6.45) is 3.58. The van der Waals surface area contributed by atoms with Gasteiger partial charge in [0.2, 0.25) is 0 Å². The van der Waals surface area contributed by atoms with Crippen molar-refractivity contribution >= 4 is 21.0 Å². The Kier molecular flexibility index (Phi) is 3.47. The molecule has 0 radical (unpaired) electrons. The zero-order valence-electron chi connectivity index (χ0n) is 11.3. The van der Waals surface area contributed by atoms with Crippen LogP contribution in [0.5, 0.6) is 0 Å². The molecule has 1 atom stereocenters. The third kappa shape index (κ3) is 2.20. The molecule has 0 amide bonds. The number of pyridine rings is 1. The molecule has 0 saturated carbocycles. The van der Waals surface area contributed by atoms with Gasteiger partial charge >= 0.3 is 0 Å². The molecule has 0 spiro atoms. The number of hydrogen-bond acceptors (Lipinski definition) is 5. The number of nitrogens with zero attached hydrogens (tertiary/aromatic N) is 3. The summed E-state index contributed by atoms with van der Waals surface area (Å²) < 4.78 is 31.3. The largest absolute Gasteiger partial charge is 0.384 e. The van der Waals surface area contributed by atoms with Crippen LogP contribution in [0, 0.1) is 0 Å². The topological polar surface area (TPSA) is 74.1 Å². The lowest BCUT2D eigenvalue weighted by Crippen LogP contribution is -2.19. The summed E-state index contributed by atoms with van der Waals surface area (Å²) in [5, 5.41) is -0.533. The van der Waals surface area contributed by atoms with Crippen molar-refractivity contribution in [2.24, 2.45) is 0 Å². The molecule has 1 fully saturated rings. The SMILES string of the molecule is COCCc1nc2cccnc2n1C1CCCS1(=O)=O. The summed E-state index contributed by atoms with van der Waals surface area (Å²) in [6.45, 7) is 0.510. The van der Waals surface area contributed by atoms with E-state index >= 15 is 0 Å². The molecule has 1 saturated heterocycles. The van der Waals surface area contributed by atoms with Gasteiger partial charge in [0.1, 0.15) is 16.7 Å². The number of ether oxygens (including phenoxy) is 1. The molecule has 1 unspecified atom stereocenters. The summed E-state index contributed by atoms with van der Waals surface area (Å²) in [7, 11) is -1.48. The van der Waals surface area contributed by atoms with Crippen molar-refractivity contribution in [1.82, 2.24) is 14.5 Å². The van der Waals surface area contributed by atoms with Crippen molar-refractivity contribution in [3.8, 4) is 0 Å². The van der Waals surface area contributed by atoms with E-state index < -0.39 is 15.2 Å². The Morgan fingerprint density at radius 1 is 1.50 bits per heavy atom. The van der Waals surface area contributed by atoms with Gasteiger partial charge in [-0.25, -0.2) is 18.4 Å². The van der Waals surface area contributed by atoms with Gasteiger partial charge in [0, 0.05) is 19.7 Å². The number of fused-ring (bicyclic) bond motifs is 1. The summed E-state index contributed by atoms with van der Waals surface area (Å²) in [6, 6.07) is 3.67. The van der Waals surface area contributed by atoms with E-state index in [-0.39, 0.29) is 5.75 Å². The van der Waals surface area contributed by atoms with E-state index in [2.05, 4.69) is 9.97 Å². The molecular formula is C13H17N3O3S. The van der Waals surface area contributed by atoms with E-state index in [1.54, 1.807) is 17.9 Å². The summed E-state index contributed by atoms with van der Waals surface area (Å²) in [5.74, 6) is 0.976. The molecule has 0 N–H and O–H groups in total. The molecule has 6 nitrogen and oxygen atoms in total. The second-order valence-electron chi connectivity index (χ2n) is 4.95. The molecule has 0 aromatic carbocycles. The Balaban J connectivity index is 2.16. The lowest BCUT2D eigenvalue weighted by molar-refractivity contribution is 0.199. The first-order valence-electron chi connectivity index (χ1n) is 6.66. The third-order valence-corrected chi connectivity index (χ3v) is 5.77. The van der Waals surface area contributed by atoms with Crippen molar-refractivity contribution < 1.29 is 13.2 Å². The summed E-state index contributed by atoms with van der Waals surface area (Å²) in [4.78, 5) is 8.83. The van der Waals surface area contributed by atoms with Crippen molar-refractivity contribution in [2.75, 3.05) is 19.5 Å². The van der Waals surface area contributed by atoms with Crippen LogP contribution in [0.1, 0.15) is 24.0 Å². The van der Waals surface area contributed by atoms with E-state index in [1.807, 2.05) is 12.1 Å². The van der Waals surface area contributed by atoms with Gasteiger partial charge in [0.25, 0.3) is 0 Å². The highest BCUT2D eigenvalue weighted by Crippen LogP contribution is 2.33. The van der Waals surface area contributed by atoms with Crippen LogP contribution in [0.25, 0.3) is 11.2 Å². The number of methoxy groups -OCH3 is 1. The summed E-state index contributed by atoms with van der Waals surface area (Å²) >= 11 is 0. The van der Waals surface area contributed by atoms with Crippen molar-refractivity contribution in [3.05, 3.63) is 24.2 Å². The molecule has 2 aromatic rings. The van der Waals surface area contributed by atoms with Crippen LogP contribution in [0.3, 0.4) is 0 Å². The van der Waals surface area contributed by atoms with E-state index in [9.17, 15) is 8.42 Å². The Morgan fingerprint density at radius 2 is 2.35 bits per heavy atom. The molecular weight excluding hydrogens is 278 g/mol. The normalized spacial score (nSPS) is 21.6. The first kappa shape index (κ1) is 13.5. The first-order chi connectivity index (χ1) is 9.63. The minimum absolute atomic E-state index is 0.244. The monoisotopic (exact) mass is 295 g/mol. The molecule has 7 heteroatoms. The van der Waals surface area contributed by atoms with Gasteiger partial charge in [-0.2, -0.15) is 0 Å². The predicted molar refractivity (Wildman–Crippen MR) is 75.2 cm³/mol. The van der Waals surface area contributed by atoms with E-state index in [1.165, 1.54) is 0 Å². The average molecular weight is 295 g/mol. The molecule has 3 rings (SSSR count). The van der Waals surface area contributed by atoms with Gasteiger partial charge in [0.15, 0.2) is 15.5 Å². The average Bonchev–Trinajstić information content (AvgIpc) is 2.95.